The van der Waals surface area contributed by atoms with Crippen LogP contribution in [0, 0.1) is 0 Å². The number of carbonyl (C=O) groups excluding carboxylic acids is 1. The van der Waals surface area contributed by atoms with Crippen molar-refractivity contribution in [2.24, 2.45) is 7.05 Å². The van der Waals surface area contributed by atoms with Crippen molar-refractivity contribution in [2.75, 3.05) is 19.5 Å². The normalized spacial score (nSPS) is 18.5. The number of anilines is 1. The molecule has 1 amide bonds. The monoisotopic (exact) mass is 405 g/mol. The van der Waals surface area contributed by atoms with Gasteiger partial charge in [-0.1, -0.05) is 0 Å². The van der Waals surface area contributed by atoms with Crippen molar-refractivity contribution in [3.8, 4) is 11.3 Å². The molecule has 0 saturated heterocycles. The van der Waals surface area contributed by atoms with Crippen LogP contribution < -0.4 is 10.6 Å². The summed E-state index contributed by atoms with van der Waals surface area (Å²) in [7, 11) is 5.45. The van der Waals surface area contributed by atoms with Crippen LogP contribution >= 0.6 is 0 Å². The van der Waals surface area contributed by atoms with E-state index in [1.54, 1.807) is 24.0 Å². The molecule has 0 bridgehead atoms. The molecule has 0 radical (unpaired) electrons. The Kier molecular flexibility index (Phi) is 4.39. The van der Waals surface area contributed by atoms with Crippen molar-refractivity contribution < 1.29 is 9.53 Å². The highest BCUT2D eigenvalue weighted by molar-refractivity contribution is 6.01. The summed E-state index contributed by atoms with van der Waals surface area (Å²) in [6.45, 7) is 0. The molecular weight excluding hydrogens is 382 g/mol. The van der Waals surface area contributed by atoms with Crippen molar-refractivity contribution in [3.63, 3.8) is 0 Å². The molecule has 0 spiro atoms. The Hall–Kier alpha value is -3.46. The lowest BCUT2D eigenvalue weighted by Crippen LogP contribution is -2.51. The van der Waals surface area contributed by atoms with E-state index in [1.807, 2.05) is 43.1 Å². The quantitative estimate of drug-likeness (QED) is 0.528. The largest absolute Gasteiger partial charge is 0.379 e. The molecule has 5 rings (SSSR count). The van der Waals surface area contributed by atoms with Crippen LogP contribution in [0.15, 0.2) is 36.8 Å². The van der Waals surface area contributed by atoms with Gasteiger partial charge in [0.2, 0.25) is 0 Å². The third-order valence-electron chi connectivity index (χ3n) is 5.81. The van der Waals surface area contributed by atoms with Gasteiger partial charge in [0.1, 0.15) is 17.0 Å². The molecule has 0 aliphatic heterocycles. The molecule has 9 heteroatoms. The third kappa shape index (κ3) is 2.81. The summed E-state index contributed by atoms with van der Waals surface area (Å²) < 4.78 is 9.01. The summed E-state index contributed by atoms with van der Waals surface area (Å²) in [6.07, 6.45) is 7.27. The number of rotatable bonds is 5. The molecule has 1 fully saturated rings. The maximum Gasteiger partial charge on any atom is 0.257 e. The summed E-state index contributed by atoms with van der Waals surface area (Å²) in [5, 5.41) is 11.6. The standard InChI is InChI=1S/C21H23N7O2/c1-22-18-9-16(14-11-27(2)19-12(14)5-4-8-23-19)25-20-13(10-24-28(18)20)21(29)26-15-6-7-17(15)30-3/h4-5,8-11,15,17,22H,6-7H2,1-3H3,(H,26,29)/t15-,17-/m1/s1. The van der Waals surface area contributed by atoms with Crippen molar-refractivity contribution in [2.45, 2.75) is 25.0 Å². The van der Waals surface area contributed by atoms with Crippen molar-refractivity contribution in [3.05, 3.63) is 42.4 Å². The molecule has 2 N–H and O–H groups in total. The predicted octanol–water partition coefficient (Wildman–Crippen LogP) is 2.23. The highest BCUT2D eigenvalue weighted by Gasteiger charge is 2.33. The predicted molar refractivity (Wildman–Crippen MR) is 114 cm³/mol. The van der Waals surface area contributed by atoms with Crippen LogP contribution in [0.2, 0.25) is 0 Å². The molecule has 9 nitrogen and oxygen atoms in total. The van der Waals surface area contributed by atoms with Crippen LogP contribution in [0.25, 0.3) is 27.9 Å². The second-order valence-corrected chi connectivity index (χ2v) is 7.53. The van der Waals surface area contributed by atoms with Gasteiger partial charge >= 0.3 is 0 Å². The van der Waals surface area contributed by atoms with Gasteiger partial charge in [-0.2, -0.15) is 9.61 Å². The first-order valence-electron chi connectivity index (χ1n) is 9.91. The minimum atomic E-state index is -0.192. The van der Waals surface area contributed by atoms with Crippen molar-refractivity contribution >= 4 is 28.4 Å². The lowest BCUT2D eigenvalue weighted by molar-refractivity contribution is 0.00732. The van der Waals surface area contributed by atoms with Gasteiger partial charge in [-0.25, -0.2) is 9.97 Å². The van der Waals surface area contributed by atoms with E-state index in [0.29, 0.717) is 11.2 Å². The highest BCUT2D eigenvalue weighted by atomic mass is 16.5. The van der Waals surface area contributed by atoms with Crippen LogP contribution in [0.1, 0.15) is 23.2 Å². The summed E-state index contributed by atoms with van der Waals surface area (Å²) >= 11 is 0. The van der Waals surface area contributed by atoms with E-state index in [2.05, 4.69) is 20.7 Å². The molecule has 154 valence electrons. The molecule has 1 aliphatic carbocycles. The fourth-order valence-corrected chi connectivity index (χ4v) is 4.02. The highest BCUT2D eigenvalue weighted by Crippen LogP contribution is 2.30. The first-order chi connectivity index (χ1) is 14.6. The third-order valence-corrected chi connectivity index (χ3v) is 5.81. The van der Waals surface area contributed by atoms with E-state index in [1.165, 1.54) is 0 Å². The van der Waals surface area contributed by atoms with Gasteiger partial charge in [0.25, 0.3) is 5.91 Å². The van der Waals surface area contributed by atoms with Gasteiger partial charge in [0, 0.05) is 50.6 Å². The number of aryl methyl sites for hydroxylation is 1. The number of methoxy groups -OCH3 is 1. The van der Waals surface area contributed by atoms with Gasteiger partial charge in [0.05, 0.1) is 24.0 Å². The molecule has 4 aromatic heterocycles. The Morgan fingerprint density at radius 3 is 2.90 bits per heavy atom. The number of hydrogen-bond acceptors (Lipinski definition) is 6. The smallest absolute Gasteiger partial charge is 0.257 e. The lowest BCUT2D eigenvalue weighted by atomic mass is 9.89. The average Bonchev–Trinajstić information content (AvgIpc) is 3.32. The number of hydrogen-bond donors (Lipinski definition) is 2. The number of amides is 1. The zero-order chi connectivity index (χ0) is 20.8. The van der Waals surface area contributed by atoms with Crippen LogP contribution in [0.4, 0.5) is 5.82 Å². The van der Waals surface area contributed by atoms with Crippen LogP contribution in [-0.2, 0) is 11.8 Å². The Labute approximate surface area is 173 Å². The van der Waals surface area contributed by atoms with Gasteiger partial charge in [0.15, 0.2) is 5.65 Å². The zero-order valence-corrected chi connectivity index (χ0v) is 17.1. The summed E-state index contributed by atoms with van der Waals surface area (Å²) in [5.41, 5.74) is 3.52. The second-order valence-electron chi connectivity index (χ2n) is 7.53. The number of nitrogens with zero attached hydrogens (tertiary/aromatic N) is 5. The number of carbonyl (C=O) groups is 1. The van der Waals surface area contributed by atoms with Crippen LogP contribution in [-0.4, -0.2) is 56.4 Å². The number of pyridine rings is 1. The maximum absolute atomic E-state index is 13.0. The number of nitrogens with one attached hydrogen (secondary N) is 2. The Bertz CT molecular complexity index is 1260. The molecule has 1 aliphatic rings. The fourth-order valence-electron chi connectivity index (χ4n) is 4.02. The van der Waals surface area contributed by atoms with E-state index >= 15 is 0 Å². The molecule has 0 unspecified atom stereocenters. The van der Waals surface area contributed by atoms with Crippen molar-refractivity contribution in [1.82, 2.24) is 29.5 Å². The van der Waals surface area contributed by atoms with Crippen molar-refractivity contribution in [1.29, 1.82) is 0 Å². The van der Waals surface area contributed by atoms with E-state index in [0.717, 1.165) is 41.0 Å². The zero-order valence-electron chi connectivity index (χ0n) is 17.1. The maximum atomic E-state index is 13.0. The number of ether oxygens (including phenoxy) is 1. The topological polar surface area (TPSA) is 98.4 Å². The van der Waals surface area contributed by atoms with E-state index in [4.69, 9.17) is 9.72 Å². The molecule has 1 saturated carbocycles. The molecule has 4 heterocycles. The number of aromatic nitrogens is 5. The van der Waals surface area contributed by atoms with Crippen LogP contribution in [0.5, 0.6) is 0 Å². The Morgan fingerprint density at radius 1 is 1.30 bits per heavy atom. The van der Waals surface area contributed by atoms with Gasteiger partial charge in [-0.15, -0.1) is 0 Å². The van der Waals surface area contributed by atoms with Gasteiger partial charge < -0.3 is 19.9 Å². The fraction of sp³-hybridized carbons (Fsp3) is 0.333. The molecular formula is C21H23N7O2. The van der Waals surface area contributed by atoms with Crippen LogP contribution in [0.3, 0.4) is 0 Å². The lowest BCUT2D eigenvalue weighted by Gasteiger charge is -2.35. The summed E-state index contributed by atoms with van der Waals surface area (Å²) in [4.78, 5) is 22.2. The Morgan fingerprint density at radius 2 is 2.17 bits per heavy atom. The van der Waals surface area contributed by atoms with Gasteiger partial charge in [-0.05, 0) is 25.0 Å². The first kappa shape index (κ1) is 18.6. The first-order valence-corrected chi connectivity index (χ1v) is 9.91. The molecule has 2 atom stereocenters. The molecule has 0 aromatic carbocycles. The van der Waals surface area contributed by atoms with E-state index in [9.17, 15) is 4.79 Å². The second kappa shape index (κ2) is 7.10. The molecule has 4 aromatic rings. The average molecular weight is 405 g/mol. The Balaban J connectivity index is 1.61. The summed E-state index contributed by atoms with van der Waals surface area (Å²) in [6, 6.07) is 5.88. The SMILES string of the molecule is CNc1cc(-c2cn(C)c3ncccc23)nc2c(C(=O)N[C@@H]3CC[C@H]3OC)cnn12. The minimum Gasteiger partial charge on any atom is -0.379 e. The summed E-state index contributed by atoms with van der Waals surface area (Å²) in [5.74, 6) is 0.552. The van der Waals surface area contributed by atoms with E-state index < -0.39 is 0 Å². The van der Waals surface area contributed by atoms with E-state index in [-0.39, 0.29) is 18.1 Å². The number of fused-ring (bicyclic) bond motifs is 2. The van der Waals surface area contributed by atoms with Gasteiger partial charge in [-0.3, -0.25) is 4.79 Å². The minimum absolute atomic E-state index is 0.0218. The molecule has 30 heavy (non-hydrogen) atoms.